The molecule has 0 rings (SSSR count). The van der Waals surface area contributed by atoms with Crippen LogP contribution >= 0.6 is 2.55 Å². The Morgan fingerprint density at radius 2 is 1.83 bits per heavy atom. The molecule has 6 heavy (non-hydrogen) atoms. The zero-order valence-electron chi connectivity index (χ0n) is 2.10. The van der Waals surface area contributed by atoms with Crippen molar-refractivity contribution in [3.63, 3.8) is 0 Å². The second-order valence-corrected chi connectivity index (χ2v) is 12.8. The second-order valence-electron chi connectivity index (χ2n) is 0.456. The average molecular weight is 287 g/mol. The summed E-state index contributed by atoms with van der Waals surface area (Å²) in [7, 11) is 0. The first-order valence-electron chi connectivity index (χ1n) is 0.741. The normalized spacial score (nSPS) is 17.7. The molecule has 0 amide bonds. The molecule has 2 nitrogen and oxygen atoms in total. The van der Waals surface area contributed by atoms with Crippen LogP contribution in [0.2, 0.25) is 0 Å². The maximum atomic E-state index is 9.73. The summed E-state index contributed by atoms with van der Waals surface area (Å²) in [4.78, 5) is 8.03. The van der Waals surface area contributed by atoms with Gasteiger partial charge in [0.25, 0.3) is 0 Å². The molecule has 0 bridgehead atoms. The van der Waals surface area contributed by atoms with Crippen LogP contribution in [0.4, 0.5) is 0 Å². The fraction of sp³-hybridized carbons (Fsp3) is 0. The van der Waals surface area contributed by atoms with E-state index in [9.17, 15) is 4.57 Å². The fourth-order valence-electron chi connectivity index (χ4n) is 0. The second kappa shape index (κ2) is 4.67. The molecule has 0 radical (unpaired) electrons. The predicted molar refractivity (Wildman–Crippen MR) is 17.0 cm³/mol. The first-order valence-corrected chi connectivity index (χ1v) is 7.51. The molecule has 0 aromatic heterocycles. The van der Waals surface area contributed by atoms with Crippen LogP contribution in [-0.4, -0.2) is 34.5 Å². The van der Waals surface area contributed by atoms with E-state index in [1.807, 2.05) is 0 Å². The van der Waals surface area contributed by atoms with Crippen LogP contribution in [0.15, 0.2) is 0 Å². The Labute approximate surface area is 84.6 Å². The van der Waals surface area contributed by atoms with Crippen molar-refractivity contribution in [1.29, 1.82) is 0 Å². The van der Waals surface area contributed by atoms with E-state index in [2.05, 4.69) is 20.5 Å². The minimum absolute atomic E-state index is 0. The Kier molecular flexibility index (Phi) is 9.02. The molecule has 0 aliphatic carbocycles. The van der Waals surface area contributed by atoms with Gasteiger partial charge in [-0.3, -0.25) is 0 Å². The molecule has 6 heteroatoms. The van der Waals surface area contributed by atoms with E-state index in [-0.39, 0.29) is 29.6 Å². The standard InChI is InChI=1S/Ag.Na.HO2P.Zr.H/c;;1-3-2;;/h;;(H,1,2);;. The first-order chi connectivity index (χ1) is 2.00. The molecule has 0 heterocycles. The van der Waals surface area contributed by atoms with Gasteiger partial charge in [0, 0.05) is 0 Å². The molecule has 0 aliphatic heterocycles. The summed E-state index contributed by atoms with van der Waals surface area (Å²) >= 11 is 3.19. The van der Waals surface area contributed by atoms with Crippen LogP contribution in [0.3, 0.4) is 0 Å². The molecule has 0 saturated carbocycles. The SMILES string of the molecule is O=[P](O)([Zr])[Ag].[NaH]. The minimum atomic E-state index is -2.74. The van der Waals surface area contributed by atoms with Crippen molar-refractivity contribution in [3.05, 3.63) is 0 Å². The van der Waals surface area contributed by atoms with Crippen LogP contribution in [0.5, 0.6) is 0 Å². The number of hydrogen-bond acceptors (Lipinski definition) is 1. The molecule has 0 aliphatic rings. The van der Waals surface area contributed by atoms with E-state index in [4.69, 9.17) is 4.89 Å². The van der Waals surface area contributed by atoms with Gasteiger partial charge in [0.1, 0.15) is 0 Å². The topological polar surface area (TPSA) is 37.3 Å². The molecule has 1 N–H and O–H groups in total. The Hall–Kier alpha value is 2.81. The third kappa shape index (κ3) is 29.1. The third-order valence-electron chi connectivity index (χ3n) is 0. The van der Waals surface area contributed by atoms with Crippen molar-refractivity contribution in [1.82, 2.24) is 0 Å². The van der Waals surface area contributed by atoms with Crippen LogP contribution < -0.4 is 0 Å². The van der Waals surface area contributed by atoms with Gasteiger partial charge in [-0.05, 0) is 0 Å². The zero-order chi connectivity index (χ0) is 4.50. The Balaban J connectivity index is 0. The van der Waals surface area contributed by atoms with Gasteiger partial charge >= 0.3 is 86.2 Å². The zero-order valence-corrected chi connectivity index (χ0v) is 6.94. The maximum absolute atomic E-state index is 9.73. The molecular formula is H2AgNaO2PZr. The van der Waals surface area contributed by atoms with Crippen molar-refractivity contribution in [2.45, 2.75) is 0 Å². The van der Waals surface area contributed by atoms with Gasteiger partial charge in [-0.2, -0.15) is 0 Å². The summed E-state index contributed by atoms with van der Waals surface area (Å²) in [5.41, 5.74) is 0. The average Bonchev–Trinajstić information content (AvgIpc) is 0.722. The van der Waals surface area contributed by atoms with E-state index >= 15 is 0 Å². The summed E-state index contributed by atoms with van der Waals surface area (Å²) in [6, 6.07) is 0. The van der Waals surface area contributed by atoms with Crippen LogP contribution in [0.25, 0.3) is 0 Å². The van der Waals surface area contributed by atoms with E-state index in [1.165, 1.54) is 0 Å². The van der Waals surface area contributed by atoms with Crippen molar-refractivity contribution < 1.29 is 54.1 Å². The molecule has 1 atom stereocenters. The van der Waals surface area contributed by atoms with Crippen LogP contribution in [-0.2, 0) is 49.2 Å². The van der Waals surface area contributed by atoms with Crippen molar-refractivity contribution in [2.75, 3.05) is 0 Å². The molecule has 0 aromatic rings. The molecule has 0 saturated heterocycles. The van der Waals surface area contributed by atoms with Gasteiger partial charge in [0.15, 0.2) is 0 Å². The van der Waals surface area contributed by atoms with Crippen molar-refractivity contribution in [2.24, 2.45) is 0 Å². The molecule has 0 spiro atoms. The van der Waals surface area contributed by atoms with Gasteiger partial charge in [-0.1, -0.05) is 0 Å². The van der Waals surface area contributed by atoms with Crippen molar-refractivity contribution >= 4 is 32.1 Å². The molecule has 1 unspecified atom stereocenters. The van der Waals surface area contributed by atoms with Crippen LogP contribution in [0, 0.1) is 0 Å². The summed E-state index contributed by atoms with van der Waals surface area (Å²) in [6.07, 6.45) is 0. The van der Waals surface area contributed by atoms with Gasteiger partial charge < -0.3 is 0 Å². The van der Waals surface area contributed by atoms with E-state index < -0.39 is 2.55 Å². The van der Waals surface area contributed by atoms with E-state index in [0.29, 0.717) is 24.1 Å². The quantitative estimate of drug-likeness (QED) is 0.483. The van der Waals surface area contributed by atoms with Crippen LogP contribution in [0.1, 0.15) is 0 Å². The predicted octanol–water partition coefficient (Wildman–Crippen LogP) is -0.468. The fourth-order valence-corrected chi connectivity index (χ4v) is 0. The number of rotatable bonds is 0. The Morgan fingerprint density at radius 1 is 1.83 bits per heavy atom. The Bertz CT molecular complexity index is 59.7. The van der Waals surface area contributed by atoms with Gasteiger partial charge in [0.05, 0.1) is 0 Å². The molecule has 35 valence electrons. The van der Waals surface area contributed by atoms with Gasteiger partial charge in [0.2, 0.25) is 0 Å². The summed E-state index contributed by atoms with van der Waals surface area (Å²) in [6.45, 7) is 0. The third-order valence-corrected chi connectivity index (χ3v) is 0. The molecular weight excluding hydrogens is 285 g/mol. The Morgan fingerprint density at radius 3 is 1.83 bits per heavy atom. The first kappa shape index (κ1) is 11.6. The van der Waals surface area contributed by atoms with Gasteiger partial charge in [-0.15, -0.1) is 0 Å². The molecule has 0 aromatic carbocycles. The summed E-state index contributed by atoms with van der Waals surface area (Å²) in [5.74, 6) is 0. The monoisotopic (exact) mass is 285 g/mol. The van der Waals surface area contributed by atoms with Gasteiger partial charge in [-0.25, -0.2) is 0 Å². The van der Waals surface area contributed by atoms with Crippen molar-refractivity contribution in [3.8, 4) is 0 Å². The molecule has 0 fully saturated rings. The summed E-state index contributed by atoms with van der Waals surface area (Å²) < 4.78 is 6.99. The van der Waals surface area contributed by atoms with E-state index in [0.717, 1.165) is 0 Å². The number of hydrogen-bond donors (Lipinski definition) is 1. The van der Waals surface area contributed by atoms with E-state index in [1.54, 1.807) is 0 Å². The summed E-state index contributed by atoms with van der Waals surface area (Å²) in [5, 5.41) is 0.